The van der Waals surface area contributed by atoms with Crippen molar-refractivity contribution in [2.45, 2.75) is 121 Å². The molecule has 0 saturated carbocycles. The van der Waals surface area contributed by atoms with E-state index in [1.807, 2.05) is 47.6 Å². The largest absolute Gasteiger partial charge is 0.0891 e. The van der Waals surface area contributed by atoms with E-state index in [2.05, 4.69) is 58.9 Å². The van der Waals surface area contributed by atoms with Crippen LogP contribution in [0.1, 0.15) is 121 Å². The first kappa shape index (κ1) is 34.7. The Morgan fingerprint density at radius 1 is 0.893 bits per heavy atom. The van der Waals surface area contributed by atoms with Crippen LogP contribution < -0.4 is 0 Å². The van der Waals surface area contributed by atoms with Gasteiger partial charge < -0.3 is 0 Å². The fourth-order valence-corrected chi connectivity index (χ4v) is 2.28. The topological polar surface area (TPSA) is 0 Å². The minimum Gasteiger partial charge on any atom is -0.0891 e. The molecule has 0 radical (unpaired) electrons. The van der Waals surface area contributed by atoms with Crippen LogP contribution in [0.2, 0.25) is 0 Å². The molecule has 1 atom stereocenters. The summed E-state index contributed by atoms with van der Waals surface area (Å²) in [6, 6.07) is 0. The van der Waals surface area contributed by atoms with Crippen molar-refractivity contribution < 1.29 is 0 Å². The summed E-state index contributed by atoms with van der Waals surface area (Å²) < 4.78 is 0. The van der Waals surface area contributed by atoms with Crippen LogP contribution in [0.5, 0.6) is 0 Å². The molecule has 0 amide bonds. The first-order valence-electron chi connectivity index (χ1n) is 11.9. The first-order chi connectivity index (χ1) is 13.5. The van der Waals surface area contributed by atoms with Crippen molar-refractivity contribution in [1.82, 2.24) is 0 Å². The Morgan fingerprint density at radius 3 is 1.79 bits per heavy atom. The van der Waals surface area contributed by atoms with Crippen molar-refractivity contribution in [3.63, 3.8) is 0 Å². The standard InChI is InChI=1S/C9H14.C7H9Cl.C5H12.3C2H6/c1-8-4-3-5-9(2)7-6-8;1-6-2-4-7(8)5-3-6;1-3-5-4-2;3*1-2/h4,6-7,9H,3,5H2,1-2H3;2,4H,3,5H2,1H3;3-5H2,1-2H3;3*1-2H3. The molecule has 0 fully saturated rings. The average molecular weight is 413 g/mol. The number of allylic oxidation sites excluding steroid dienone is 8. The molecular weight excluding hydrogens is 360 g/mol. The maximum Gasteiger partial charge on any atom is 0.0184 e. The maximum absolute atomic E-state index is 5.70. The van der Waals surface area contributed by atoms with E-state index in [1.54, 1.807) is 0 Å². The first-order valence-corrected chi connectivity index (χ1v) is 12.2. The van der Waals surface area contributed by atoms with Gasteiger partial charge in [-0.05, 0) is 51.5 Å². The zero-order valence-electron chi connectivity index (χ0n) is 21.3. The number of halogens is 1. The lowest BCUT2D eigenvalue weighted by Gasteiger charge is -2.03. The molecule has 2 aliphatic carbocycles. The van der Waals surface area contributed by atoms with Crippen LogP contribution in [-0.4, -0.2) is 0 Å². The van der Waals surface area contributed by atoms with E-state index in [4.69, 9.17) is 11.6 Å². The normalized spacial score (nSPS) is 16.6. The fourth-order valence-electron chi connectivity index (χ4n) is 2.12. The van der Waals surface area contributed by atoms with E-state index >= 15 is 0 Å². The smallest absolute Gasteiger partial charge is 0.0184 e. The molecule has 0 aromatic heterocycles. The molecule has 2 aliphatic rings. The molecule has 2 rings (SSSR count). The lowest BCUT2D eigenvalue weighted by Crippen LogP contribution is -1.84. The SMILES string of the molecule is CC.CC.CC.CC1=CC=C(Cl)CC1.CC1=CCCC(C)C=C1.CCCCC. The molecule has 0 nitrogen and oxygen atoms in total. The van der Waals surface area contributed by atoms with Crippen LogP contribution in [0.3, 0.4) is 0 Å². The fraction of sp³-hybridized carbons (Fsp3) is 0.704. The van der Waals surface area contributed by atoms with Gasteiger partial charge >= 0.3 is 0 Å². The summed E-state index contributed by atoms with van der Waals surface area (Å²) in [4.78, 5) is 0. The molecule has 28 heavy (non-hydrogen) atoms. The van der Waals surface area contributed by atoms with E-state index in [0.717, 1.165) is 23.8 Å². The van der Waals surface area contributed by atoms with Crippen molar-refractivity contribution in [2.24, 2.45) is 5.92 Å². The van der Waals surface area contributed by atoms with Crippen molar-refractivity contribution in [3.8, 4) is 0 Å². The minimum atomic E-state index is 0.777. The molecular formula is C27H53Cl. The molecule has 0 saturated heterocycles. The third-order valence-corrected chi connectivity index (χ3v) is 4.10. The third kappa shape index (κ3) is 30.0. The van der Waals surface area contributed by atoms with Crippen molar-refractivity contribution >= 4 is 11.6 Å². The van der Waals surface area contributed by atoms with Gasteiger partial charge in [-0.25, -0.2) is 0 Å². The molecule has 0 heterocycles. The van der Waals surface area contributed by atoms with Crippen LogP contribution in [-0.2, 0) is 0 Å². The van der Waals surface area contributed by atoms with E-state index in [1.165, 1.54) is 43.3 Å². The van der Waals surface area contributed by atoms with Crippen LogP contribution >= 0.6 is 11.6 Å². The highest BCUT2D eigenvalue weighted by atomic mass is 35.5. The molecule has 0 spiro atoms. The predicted molar refractivity (Wildman–Crippen MR) is 137 cm³/mol. The van der Waals surface area contributed by atoms with Crippen molar-refractivity contribution in [2.75, 3.05) is 0 Å². The van der Waals surface area contributed by atoms with Crippen LogP contribution in [0.15, 0.2) is 46.6 Å². The second-order valence-electron chi connectivity index (χ2n) is 6.34. The maximum atomic E-state index is 5.70. The van der Waals surface area contributed by atoms with Gasteiger partial charge in [0, 0.05) is 5.03 Å². The quantitative estimate of drug-likeness (QED) is 0.422. The van der Waals surface area contributed by atoms with E-state index < -0.39 is 0 Å². The molecule has 168 valence electrons. The molecule has 0 bridgehead atoms. The van der Waals surface area contributed by atoms with Crippen molar-refractivity contribution in [3.05, 3.63) is 46.6 Å². The zero-order valence-corrected chi connectivity index (χ0v) is 22.0. The lowest BCUT2D eigenvalue weighted by molar-refractivity contribution is 0.662. The highest BCUT2D eigenvalue weighted by Crippen LogP contribution is 2.19. The molecule has 0 aromatic carbocycles. The van der Waals surface area contributed by atoms with Crippen molar-refractivity contribution in [1.29, 1.82) is 0 Å². The second-order valence-corrected chi connectivity index (χ2v) is 6.83. The Morgan fingerprint density at radius 2 is 1.43 bits per heavy atom. The monoisotopic (exact) mass is 412 g/mol. The van der Waals surface area contributed by atoms with E-state index in [9.17, 15) is 0 Å². The van der Waals surface area contributed by atoms with Crippen LogP contribution in [0.25, 0.3) is 0 Å². The Bertz CT molecular complexity index is 376. The molecule has 0 aliphatic heterocycles. The van der Waals surface area contributed by atoms with Gasteiger partial charge in [-0.15, -0.1) is 0 Å². The number of hydrogen-bond acceptors (Lipinski definition) is 0. The summed E-state index contributed by atoms with van der Waals surface area (Å²) in [6.07, 6.45) is 19.7. The highest BCUT2D eigenvalue weighted by molar-refractivity contribution is 6.29. The van der Waals surface area contributed by atoms with Gasteiger partial charge in [-0.3, -0.25) is 0 Å². The second kappa shape index (κ2) is 31.0. The van der Waals surface area contributed by atoms with Gasteiger partial charge in [0.25, 0.3) is 0 Å². The van der Waals surface area contributed by atoms with E-state index in [0.29, 0.717) is 0 Å². The molecule has 1 heteroatoms. The van der Waals surface area contributed by atoms with Gasteiger partial charge in [0.2, 0.25) is 0 Å². The molecule has 1 unspecified atom stereocenters. The van der Waals surface area contributed by atoms with Crippen LogP contribution in [0.4, 0.5) is 0 Å². The summed E-state index contributed by atoms with van der Waals surface area (Å²) in [5.74, 6) is 0.777. The summed E-state index contributed by atoms with van der Waals surface area (Å²) in [7, 11) is 0. The molecule has 0 aromatic rings. The summed E-state index contributed by atoms with van der Waals surface area (Å²) in [6.45, 7) is 23.0. The van der Waals surface area contributed by atoms with E-state index in [-0.39, 0.29) is 0 Å². The number of unbranched alkanes of at least 4 members (excludes halogenated alkanes) is 2. The van der Waals surface area contributed by atoms with Gasteiger partial charge in [0.05, 0.1) is 0 Å². The van der Waals surface area contributed by atoms with Gasteiger partial charge in [-0.2, -0.15) is 0 Å². The molecule has 0 N–H and O–H groups in total. The van der Waals surface area contributed by atoms with Gasteiger partial charge in [0.1, 0.15) is 0 Å². The zero-order chi connectivity index (χ0) is 22.8. The average Bonchev–Trinajstić information content (AvgIpc) is 2.94. The van der Waals surface area contributed by atoms with Gasteiger partial charge in [0.15, 0.2) is 0 Å². The third-order valence-electron chi connectivity index (χ3n) is 3.79. The highest BCUT2D eigenvalue weighted by Gasteiger charge is 1.98. The predicted octanol–water partition coefficient (Wildman–Crippen LogP) is 11.0. The summed E-state index contributed by atoms with van der Waals surface area (Å²) >= 11 is 5.70. The Balaban J connectivity index is -0.000000140. The van der Waals surface area contributed by atoms with Gasteiger partial charge in [-0.1, -0.05) is 129 Å². The Labute approximate surface area is 185 Å². The van der Waals surface area contributed by atoms with Crippen LogP contribution in [0, 0.1) is 5.92 Å². The lowest BCUT2D eigenvalue weighted by atomic mass is 10.1. The summed E-state index contributed by atoms with van der Waals surface area (Å²) in [5.41, 5.74) is 2.84. The Kier molecular flexibility index (Phi) is 38.4. The summed E-state index contributed by atoms with van der Waals surface area (Å²) in [5, 5.41) is 0.982. The Hall–Kier alpha value is -0.750. The number of rotatable bonds is 2. The number of hydrogen-bond donors (Lipinski definition) is 0. The minimum absolute atomic E-state index is 0.777.